The Kier molecular flexibility index (Phi) is 5.03. The van der Waals surface area contributed by atoms with E-state index in [1.165, 1.54) is 5.56 Å². The summed E-state index contributed by atoms with van der Waals surface area (Å²) in [6, 6.07) is 20.2. The predicted molar refractivity (Wildman–Crippen MR) is 116 cm³/mol. The van der Waals surface area contributed by atoms with Crippen LogP contribution < -0.4 is 15.3 Å². The van der Waals surface area contributed by atoms with Crippen LogP contribution in [-0.2, 0) is 9.63 Å². The van der Waals surface area contributed by atoms with E-state index in [-0.39, 0.29) is 11.9 Å². The van der Waals surface area contributed by atoms with Crippen LogP contribution in [0.15, 0.2) is 67.0 Å². The van der Waals surface area contributed by atoms with Gasteiger partial charge in [-0.3, -0.25) is 9.63 Å². The van der Waals surface area contributed by atoms with Crippen LogP contribution in [0.25, 0.3) is 0 Å². The van der Waals surface area contributed by atoms with Gasteiger partial charge in [0.25, 0.3) is 0 Å². The minimum Gasteiger partial charge on any atom is -0.340 e. The molecule has 3 aromatic rings. The van der Waals surface area contributed by atoms with Gasteiger partial charge in [0, 0.05) is 36.8 Å². The Morgan fingerprint density at radius 1 is 1.03 bits per heavy atom. The molecule has 152 valence electrons. The number of nitrogens with one attached hydrogen (secondary N) is 1. The summed E-state index contributed by atoms with van der Waals surface area (Å²) in [6.45, 7) is 1.45. The molecule has 7 heteroatoms. The molecule has 2 aromatic carbocycles. The van der Waals surface area contributed by atoms with Crippen LogP contribution in [0.3, 0.4) is 0 Å². The summed E-state index contributed by atoms with van der Waals surface area (Å²) in [5.41, 5.74) is 3.04. The van der Waals surface area contributed by atoms with Crippen LogP contribution in [0.5, 0.6) is 0 Å². The van der Waals surface area contributed by atoms with E-state index < -0.39 is 0 Å². The molecule has 2 saturated heterocycles. The second kappa shape index (κ2) is 8.12. The maximum absolute atomic E-state index is 11.9. The van der Waals surface area contributed by atoms with E-state index >= 15 is 0 Å². The first-order valence-corrected chi connectivity index (χ1v) is 10.2. The van der Waals surface area contributed by atoms with Crippen molar-refractivity contribution in [3.05, 3.63) is 72.6 Å². The lowest BCUT2D eigenvalue weighted by molar-refractivity contribution is -0.117. The average molecular weight is 401 g/mol. The second-order valence-corrected chi connectivity index (χ2v) is 7.46. The molecule has 1 atom stereocenters. The minimum absolute atomic E-state index is 0.131. The first-order chi connectivity index (χ1) is 14.8. The molecule has 2 fully saturated rings. The molecule has 7 nitrogen and oxygen atoms in total. The zero-order valence-electron chi connectivity index (χ0n) is 16.6. The molecular formula is C23H23N5O2. The molecule has 3 heterocycles. The van der Waals surface area contributed by atoms with Gasteiger partial charge in [-0.1, -0.05) is 30.3 Å². The molecule has 1 amide bonds. The number of amides is 1. The van der Waals surface area contributed by atoms with E-state index in [0.717, 1.165) is 36.6 Å². The highest BCUT2D eigenvalue weighted by Crippen LogP contribution is 2.34. The SMILES string of the molecule is O=C1CCCN1c1ccc(Nc2cc(N3OCC[C@@H]3c3ccccc3)ncn2)cc1. The highest BCUT2D eigenvalue weighted by Gasteiger charge is 2.29. The van der Waals surface area contributed by atoms with Gasteiger partial charge in [-0.25, -0.2) is 15.0 Å². The number of benzene rings is 2. The molecule has 0 aliphatic carbocycles. The normalized spacial score (nSPS) is 18.8. The fourth-order valence-corrected chi connectivity index (χ4v) is 4.00. The Labute approximate surface area is 175 Å². The third-order valence-electron chi connectivity index (χ3n) is 5.49. The third-order valence-corrected chi connectivity index (χ3v) is 5.49. The van der Waals surface area contributed by atoms with Crippen LogP contribution in [0, 0.1) is 0 Å². The van der Waals surface area contributed by atoms with Crippen molar-refractivity contribution >= 4 is 28.9 Å². The van der Waals surface area contributed by atoms with Crippen molar-refractivity contribution in [2.45, 2.75) is 25.3 Å². The van der Waals surface area contributed by atoms with Crippen LogP contribution in [0.1, 0.15) is 30.9 Å². The van der Waals surface area contributed by atoms with E-state index in [1.807, 2.05) is 58.5 Å². The Morgan fingerprint density at radius 3 is 2.63 bits per heavy atom. The van der Waals surface area contributed by atoms with Crippen LogP contribution in [0.4, 0.5) is 23.0 Å². The van der Waals surface area contributed by atoms with Crippen molar-refractivity contribution in [3.8, 4) is 0 Å². The lowest BCUT2D eigenvalue weighted by Gasteiger charge is -2.24. The van der Waals surface area contributed by atoms with Crippen LogP contribution in [0.2, 0.25) is 0 Å². The molecule has 1 N–H and O–H groups in total. The quantitative estimate of drug-likeness (QED) is 0.690. The summed E-state index contributed by atoms with van der Waals surface area (Å²) in [5, 5.41) is 5.18. The molecule has 0 saturated carbocycles. The van der Waals surface area contributed by atoms with Gasteiger partial charge in [0.2, 0.25) is 5.91 Å². The predicted octanol–water partition coefficient (Wildman–Crippen LogP) is 4.23. The highest BCUT2D eigenvalue weighted by molar-refractivity contribution is 5.95. The smallest absolute Gasteiger partial charge is 0.227 e. The number of nitrogens with zero attached hydrogens (tertiary/aromatic N) is 4. The van der Waals surface area contributed by atoms with Crippen molar-refractivity contribution in [1.82, 2.24) is 9.97 Å². The third kappa shape index (κ3) is 3.71. The topological polar surface area (TPSA) is 70.6 Å². The molecule has 2 aliphatic rings. The molecule has 0 bridgehead atoms. The maximum atomic E-state index is 11.9. The zero-order valence-corrected chi connectivity index (χ0v) is 16.6. The minimum atomic E-state index is 0.131. The second-order valence-electron chi connectivity index (χ2n) is 7.46. The van der Waals surface area contributed by atoms with Crippen LogP contribution in [-0.4, -0.2) is 29.0 Å². The van der Waals surface area contributed by atoms with Gasteiger partial charge in [-0.2, -0.15) is 0 Å². The number of anilines is 4. The molecule has 0 radical (unpaired) electrons. The number of aromatic nitrogens is 2. The Balaban J connectivity index is 1.32. The van der Waals surface area contributed by atoms with Gasteiger partial charge < -0.3 is 10.2 Å². The van der Waals surface area contributed by atoms with E-state index in [4.69, 9.17) is 4.84 Å². The summed E-state index contributed by atoms with van der Waals surface area (Å²) in [4.78, 5) is 28.4. The largest absolute Gasteiger partial charge is 0.340 e. The molecule has 30 heavy (non-hydrogen) atoms. The summed E-state index contributed by atoms with van der Waals surface area (Å²) >= 11 is 0. The van der Waals surface area contributed by atoms with Gasteiger partial charge >= 0.3 is 0 Å². The number of carbonyl (C=O) groups excluding carboxylic acids is 1. The molecule has 0 spiro atoms. The van der Waals surface area contributed by atoms with Crippen molar-refractivity contribution in [3.63, 3.8) is 0 Å². The molecular weight excluding hydrogens is 378 g/mol. The first kappa shape index (κ1) is 18.6. The van der Waals surface area contributed by atoms with Crippen LogP contribution >= 0.6 is 0 Å². The van der Waals surface area contributed by atoms with E-state index in [0.29, 0.717) is 18.8 Å². The van der Waals surface area contributed by atoms with E-state index in [2.05, 4.69) is 27.4 Å². The fraction of sp³-hybridized carbons (Fsp3) is 0.261. The average Bonchev–Trinajstić information content (AvgIpc) is 3.44. The maximum Gasteiger partial charge on any atom is 0.227 e. The Bertz CT molecular complexity index is 1030. The first-order valence-electron chi connectivity index (χ1n) is 10.2. The number of hydrogen-bond acceptors (Lipinski definition) is 6. The number of hydroxylamine groups is 1. The van der Waals surface area contributed by atoms with Crippen molar-refractivity contribution in [2.24, 2.45) is 0 Å². The number of carbonyl (C=O) groups is 1. The van der Waals surface area contributed by atoms with Crippen molar-refractivity contribution in [2.75, 3.05) is 28.4 Å². The standard InChI is InChI=1S/C23H23N5O2/c29-23-7-4-13-27(23)19-10-8-18(9-11-19)26-21-15-22(25-16-24-21)28-20(12-14-30-28)17-5-2-1-3-6-17/h1-3,5-6,8-11,15-16,20H,4,7,12-14H2,(H,24,25,26)/t20-/m1/s1. The lowest BCUT2D eigenvalue weighted by Crippen LogP contribution is -2.23. The monoisotopic (exact) mass is 401 g/mol. The molecule has 0 unspecified atom stereocenters. The molecule has 2 aliphatic heterocycles. The van der Waals surface area contributed by atoms with Gasteiger partial charge in [-0.05, 0) is 36.2 Å². The molecule has 1 aromatic heterocycles. The summed E-state index contributed by atoms with van der Waals surface area (Å²) in [6.07, 6.45) is 4.00. The van der Waals surface area contributed by atoms with Gasteiger partial charge in [-0.15, -0.1) is 0 Å². The Hall–Kier alpha value is -3.45. The highest BCUT2D eigenvalue weighted by atomic mass is 16.7. The summed E-state index contributed by atoms with van der Waals surface area (Å²) in [5.74, 6) is 1.60. The molecule has 5 rings (SSSR count). The summed E-state index contributed by atoms with van der Waals surface area (Å²) in [7, 11) is 0. The summed E-state index contributed by atoms with van der Waals surface area (Å²) < 4.78 is 0. The number of hydrogen-bond donors (Lipinski definition) is 1. The van der Waals surface area contributed by atoms with E-state index in [9.17, 15) is 4.79 Å². The van der Waals surface area contributed by atoms with Crippen molar-refractivity contribution in [1.29, 1.82) is 0 Å². The lowest BCUT2D eigenvalue weighted by atomic mass is 10.0. The van der Waals surface area contributed by atoms with Gasteiger partial charge in [0.05, 0.1) is 12.6 Å². The zero-order chi connectivity index (χ0) is 20.3. The van der Waals surface area contributed by atoms with Gasteiger partial charge in [0.15, 0.2) is 5.82 Å². The van der Waals surface area contributed by atoms with E-state index in [1.54, 1.807) is 6.33 Å². The Morgan fingerprint density at radius 2 is 1.87 bits per heavy atom. The van der Waals surface area contributed by atoms with Gasteiger partial charge in [0.1, 0.15) is 12.1 Å². The number of rotatable bonds is 5. The fourth-order valence-electron chi connectivity index (χ4n) is 4.00. The van der Waals surface area contributed by atoms with Crippen molar-refractivity contribution < 1.29 is 9.63 Å².